The molecule has 1 aliphatic rings. The van der Waals surface area contributed by atoms with Crippen LogP contribution in [-0.4, -0.2) is 15.8 Å². The number of nitrogens with zero attached hydrogens (tertiary/aromatic N) is 1. The summed E-state index contributed by atoms with van der Waals surface area (Å²) in [5.74, 6) is 0.0526. The van der Waals surface area contributed by atoms with Gasteiger partial charge in [0, 0.05) is 17.8 Å². The molecule has 18 heavy (non-hydrogen) atoms. The summed E-state index contributed by atoms with van der Waals surface area (Å²) in [6, 6.07) is 1.26. The number of hydrogen-bond donors (Lipinski definition) is 1. The van der Waals surface area contributed by atoms with E-state index in [-0.39, 0.29) is 23.6 Å². The second-order valence-electron chi connectivity index (χ2n) is 5.02. The van der Waals surface area contributed by atoms with Crippen LogP contribution >= 0.6 is 0 Å². The number of hydrogen-bond acceptors (Lipinski definition) is 3. The van der Waals surface area contributed by atoms with E-state index in [2.05, 4.69) is 6.92 Å². The van der Waals surface area contributed by atoms with Crippen LogP contribution in [0.4, 0.5) is 0 Å². The van der Waals surface area contributed by atoms with Crippen molar-refractivity contribution in [3.63, 3.8) is 0 Å². The van der Waals surface area contributed by atoms with Crippen LogP contribution in [0, 0.1) is 6.92 Å². The topological polar surface area (TPSA) is 51.5 Å². The monoisotopic (exact) mass is 251 g/mol. The number of aromatic nitrogens is 1. The fourth-order valence-electron chi connectivity index (χ4n) is 2.40. The number of ether oxygens (including phenoxy) is 1. The first-order chi connectivity index (χ1) is 8.61. The minimum absolute atomic E-state index is 0.0526. The van der Waals surface area contributed by atoms with Gasteiger partial charge in [-0.1, -0.05) is 19.8 Å². The first kappa shape index (κ1) is 13.1. The summed E-state index contributed by atoms with van der Waals surface area (Å²) < 4.78 is 7.50. The molecule has 0 amide bonds. The summed E-state index contributed by atoms with van der Waals surface area (Å²) >= 11 is 0. The Morgan fingerprint density at radius 3 is 3.00 bits per heavy atom. The average molecular weight is 251 g/mol. The third kappa shape index (κ3) is 2.75. The van der Waals surface area contributed by atoms with E-state index in [9.17, 15) is 9.90 Å². The summed E-state index contributed by atoms with van der Waals surface area (Å²) in [6.07, 6.45) is 7.08. The fraction of sp³-hybridized carbons (Fsp3) is 0.643. The van der Waals surface area contributed by atoms with Gasteiger partial charge in [-0.25, -0.2) is 0 Å². The molecular formula is C14H21NO3. The van der Waals surface area contributed by atoms with E-state index in [4.69, 9.17) is 4.74 Å². The molecule has 2 unspecified atom stereocenters. The molecule has 1 aliphatic heterocycles. The minimum atomic E-state index is -0.195. The molecule has 0 aliphatic carbocycles. The minimum Gasteiger partial charge on any atom is -0.507 e. The number of aromatic hydroxyl groups is 1. The van der Waals surface area contributed by atoms with Gasteiger partial charge >= 0.3 is 0 Å². The van der Waals surface area contributed by atoms with Crippen molar-refractivity contribution in [2.45, 2.75) is 58.3 Å². The van der Waals surface area contributed by atoms with Gasteiger partial charge in [-0.3, -0.25) is 9.36 Å². The van der Waals surface area contributed by atoms with Crippen molar-refractivity contribution in [2.24, 2.45) is 0 Å². The maximum absolute atomic E-state index is 11.8. The highest BCUT2D eigenvalue weighted by Gasteiger charge is 2.26. The molecule has 0 radical (unpaired) electrons. The van der Waals surface area contributed by atoms with Crippen molar-refractivity contribution >= 4 is 0 Å². The summed E-state index contributed by atoms with van der Waals surface area (Å²) in [5, 5.41) is 9.48. The van der Waals surface area contributed by atoms with Crippen LogP contribution in [0.1, 0.15) is 50.8 Å². The molecule has 0 spiro atoms. The Morgan fingerprint density at radius 2 is 2.28 bits per heavy atom. The number of unbranched alkanes of at least 4 members (excludes halogenated alkanes) is 1. The zero-order valence-electron chi connectivity index (χ0n) is 11.1. The lowest BCUT2D eigenvalue weighted by molar-refractivity contribution is -0.00429. The third-order valence-electron chi connectivity index (χ3n) is 3.53. The molecule has 0 aromatic carbocycles. The predicted molar refractivity (Wildman–Crippen MR) is 69.8 cm³/mol. The maximum atomic E-state index is 11.8. The van der Waals surface area contributed by atoms with E-state index < -0.39 is 0 Å². The molecule has 1 aromatic heterocycles. The SMILES string of the molecule is CCCCC1CCC(n2cc(C)c(O)cc2=O)O1. The van der Waals surface area contributed by atoms with Gasteiger partial charge in [0.25, 0.3) is 5.56 Å². The smallest absolute Gasteiger partial charge is 0.256 e. The predicted octanol–water partition coefficient (Wildman–Crippen LogP) is 2.73. The molecule has 1 saturated heterocycles. The summed E-state index contributed by atoms with van der Waals surface area (Å²) in [7, 11) is 0. The van der Waals surface area contributed by atoms with E-state index in [1.165, 1.54) is 18.9 Å². The van der Waals surface area contributed by atoms with Gasteiger partial charge in [-0.15, -0.1) is 0 Å². The second kappa shape index (κ2) is 5.57. The fourth-order valence-corrected chi connectivity index (χ4v) is 2.40. The number of rotatable bonds is 4. The third-order valence-corrected chi connectivity index (χ3v) is 3.53. The van der Waals surface area contributed by atoms with Crippen molar-refractivity contribution in [2.75, 3.05) is 0 Å². The van der Waals surface area contributed by atoms with Gasteiger partial charge in [0.15, 0.2) is 0 Å². The summed E-state index contributed by atoms with van der Waals surface area (Å²) in [5.41, 5.74) is 0.509. The summed E-state index contributed by atoms with van der Waals surface area (Å²) in [4.78, 5) is 11.8. The Kier molecular flexibility index (Phi) is 4.07. The largest absolute Gasteiger partial charge is 0.507 e. The Morgan fingerprint density at radius 1 is 1.50 bits per heavy atom. The van der Waals surface area contributed by atoms with Gasteiger partial charge in [-0.05, 0) is 26.2 Å². The quantitative estimate of drug-likeness (QED) is 0.895. The maximum Gasteiger partial charge on any atom is 0.256 e. The molecule has 1 fully saturated rings. The van der Waals surface area contributed by atoms with Crippen LogP contribution in [0.3, 0.4) is 0 Å². The first-order valence-corrected chi connectivity index (χ1v) is 6.69. The average Bonchev–Trinajstić information content (AvgIpc) is 2.79. The molecule has 1 aromatic rings. The molecule has 2 rings (SSSR count). The van der Waals surface area contributed by atoms with Crippen LogP contribution in [0.2, 0.25) is 0 Å². The lowest BCUT2D eigenvalue weighted by atomic mass is 10.1. The van der Waals surface area contributed by atoms with Crippen LogP contribution in [0.5, 0.6) is 5.75 Å². The first-order valence-electron chi connectivity index (χ1n) is 6.69. The lowest BCUT2D eigenvalue weighted by Crippen LogP contribution is -2.24. The van der Waals surface area contributed by atoms with Gasteiger partial charge < -0.3 is 9.84 Å². The normalized spacial score (nSPS) is 23.4. The molecule has 100 valence electrons. The van der Waals surface area contributed by atoms with Crippen molar-refractivity contribution in [3.8, 4) is 5.75 Å². The molecule has 1 N–H and O–H groups in total. The van der Waals surface area contributed by atoms with E-state index in [1.54, 1.807) is 17.7 Å². The van der Waals surface area contributed by atoms with Crippen molar-refractivity contribution in [1.29, 1.82) is 0 Å². The molecular weight excluding hydrogens is 230 g/mol. The molecule has 2 atom stereocenters. The molecule has 2 heterocycles. The van der Waals surface area contributed by atoms with E-state index in [0.717, 1.165) is 19.3 Å². The van der Waals surface area contributed by atoms with Crippen molar-refractivity contribution in [1.82, 2.24) is 4.57 Å². The highest BCUT2D eigenvalue weighted by Crippen LogP contribution is 2.30. The standard InChI is InChI=1S/C14H21NO3/c1-3-4-5-11-6-7-14(18-11)15-9-10(2)12(16)8-13(15)17/h8-9,11,14,16H,3-7H2,1-2H3. The molecule has 4 nitrogen and oxygen atoms in total. The highest BCUT2D eigenvalue weighted by atomic mass is 16.5. The van der Waals surface area contributed by atoms with Gasteiger partial charge in [-0.2, -0.15) is 0 Å². The number of aryl methyl sites for hydroxylation is 1. The van der Waals surface area contributed by atoms with Gasteiger partial charge in [0.2, 0.25) is 0 Å². The van der Waals surface area contributed by atoms with Crippen LogP contribution in [0.15, 0.2) is 17.1 Å². The second-order valence-corrected chi connectivity index (χ2v) is 5.02. The van der Waals surface area contributed by atoms with Gasteiger partial charge in [0.1, 0.15) is 12.0 Å². The van der Waals surface area contributed by atoms with E-state index >= 15 is 0 Å². The Hall–Kier alpha value is -1.29. The van der Waals surface area contributed by atoms with E-state index in [0.29, 0.717) is 5.56 Å². The molecule has 0 saturated carbocycles. The zero-order valence-corrected chi connectivity index (χ0v) is 11.1. The Labute approximate surface area is 107 Å². The van der Waals surface area contributed by atoms with Crippen molar-refractivity contribution < 1.29 is 9.84 Å². The number of pyridine rings is 1. The molecule has 4 heteroatoms. The highest BCUT2D eigenvalue weighted by molar-refractivity contribution is 5.27. The Bertz CT molecular complexity index is 467. The van der Waals surface area contributed by atoms with Crippen LogP contribution < -0.4 is 5.56 Å². The van der Waals surface area contributed by atoms with Gasteiger partial charge in [0.05, 0.1) is 6.10 Å². The zero-order chi connectivity index (χ0) is 13.1. The Balaban J connectivity index is 2.10. The molecule has 0 bridgehead atoms. The van der Waals surface area contributed by atoms with Crippen LogP contribution in [-0.2, 0) is 4.74 Å². The van der Waals surface area contributed by atoms with Crippen LogP contribution in [0.25, 0.3) is 0 Å². The van der Waals surface area contributed by atoms with E-state index in [1.807, 2.05) is 0 Å². The summed E-state index contributed by atoms with van der Waals surface area (Å²) in [6.45, 7) is 3.95. The van der Waals surface area contributed by atoms with Crippen molar-refractivity contribution in [3.05, 3.63) is 28.2 Å². The lowest BCUT2D eigenvalue weighted by Gasteiger charge is -2.16.